The third-order valence-electron chi connectivity index (χ3n) is 2.56. The summed E-state index contributed by atoms with van der Waals surface area (Å²) in [5, 5.41) is 8.96. The number of hydrogen-bond donors (Lipinski definition) is 1. The molecule has 98 valence electrons. The summed E-state index contributed by atoms with van der Waals surface area (Å²) >= 11 is 0. The standard InChI is InChI=1S/C14H13NO4/c1-9-6-7-10(14(16)17)8-11(9)19-13-5-3-4-12(15-13)18-2/h3-8H,1-2H3,(H,16,17). The molecular formula is C14H13NO4. The van der Waals surface area contributed by atoms with Crippen LogP contribution >= 0.6 is 0 Å². The van der Waals surface area contributed by atoms with Gasteiger partial charge in [0, 0.05) is 12.1 Å². The van der Waals surface area contributed by atoms with Crippen LogP contribution in [0.5, 0.6) is 17.5 Å². The summed E-state index contributed by atoms with van der Waals surface area (Å²) in [6.07, 6.45) is 0. The van der Waals surface area contributed by atoms with E-state index in [0.29, 0.717) is 17.5 Å². The minimum absolute atomic E-state index is 0.170. The highest BCUT2D eigenvalue weighted by Crippen LogP contribution is 2.26. The summed E-state index contributed by atoms with van der Waals surface area (Å²) in [5.41, 5.74) is 0.998. The van der Waals surface area contributed by atoms with E-state index in [0.717, 1.165) is 5.56 Å². The summed E-state index contributed by atoms with van der Waals surface area (Å²) in [4.78, 5) is 15.0. The molecule has 0 aliphatic carbocycles. The highest BCUT2D eigenvalue weighted by molar-refractivity contribution is 5.88. The zero-order valence-corrected chi connectivity index (χ0v) is 10.6. The quantitative estimate of drug-likeness (QED) is 0.914. The molecule has 2 aromatic rings. The molecule has 1 aromatic heterocycles. The number of carboxylic acid groups (broad SMARTS) is 1. The molecule has 0 aliphatic rings. The van der Waals surface area contributed by atoms with Gasteiger partial charge in [0.1, 0.15) is 5.75 Å². The minimum Gasteiger partial charge on any atom is -0.481 e. The predicted octanol–water partition coefficient (Wildman–Crippen LogP) is 2.89. The van der Waals surface area contributed by atoms with Gasteiger partial charge in [-0.3, -0.25) is 0 Å². The fraction of sp³-hybridized carbons (Fsp3) is 0.143. The summed E-state index contributed by atoms with van der Waals surface area (Å²) in [7, 11) is 1.52. The lowest BCUT2D eigenvalue weighted by Crippen LogP contribution is -1.98. The van der Waals surface area contributed by atoms with Crippen LogP contribution in [0.15, 0.2) is 36.4 Å². The molecule has 0 bridgehead atoms. The number of nitrogens with zero attached hydrogens (tertiary/aromatic N) is 1. The molecule has 0 saturated heterocycles. The van der Waals surface area contributed by atoms with Crippen LogP contribution < -0.4 is 9.47 Å². The van der Waals surface area contributed by atoms with E-state index in [2.05, 4.69) is 4.98 Å². The predicted molar refractivity (Wildman–Crippen MR) is 69.0 cm³/mol. The molecule has 0 saturated carbocycles. The van der Waals surface area contributed by atoms with Crippen molar-refractivity contribution in [2.45, 2.75) is 6.92 Å². The molecule has 2 rings (SSSR count). The second kappa shape index (κ2) is 5.39. The third kappa shape index (κ3) is 3.01. The van der Waals surface area contributed by atoms with Crippen LogP contribution in [0.2, 0.25) is 0 Å². The lowest BCUT2D eigenvalue weighted by atomic mass is 10.1. The zero-order chi connectivity index (χ0) is 13.8. The number of ether oxygens (including phenoxy) is 2. The maximum absolute atomic E-state index is 10.9. The van der Waals surface area contributed by atoms with Gasteiger partial charge in [-0.25, -0.2) is 4.79 Å². The monoisotopic (exact) mass is 259 g/mol. The normalized spacial score (nSPS) is 10.0. The number of methoxy groups -OCH3 is 1. The molecule has 0 atom stereocenters. The highest BCUT2D eigenvalue weighted by atomic mass is 16.5. The van der Waals surface area contributed by atoms with Crippen LogP contribution in [-0.4, -0.2) is 23.2 Å². The van der Waals surface area contributed by atoms with Gasteiger partial charge in [0.05, 0.1) is 12.7 Å². The fourth-order valence-electron chi connectivity index (χ4n) is 1.52. The minimum atomic E-state index is -0.997. The number of benzene rings is 1. The maximum Gasteiger partial charge on any atom is 0.335 e. The molecule has 0 amide bonds. The maximum atomic E-state index is 10.9. The van der Waals surface area contributed by atoms with Crippen molar-refractivity contribution in [2.24, 2.45) is 0 Å². The average molecular weight is 259 g/mol. The molecule has 0 spiro atoms. The fourth-order valence-corrected chi connectivity index (χ4v) is 1.52. The third-order valence-corrected chi connectivity index (χ3v) is 2.56. The number of aryl methyl sites for hydroxylation is 1. The number of aromatic nitrogens is 1. The number of carbonyl (C=O) groups is 1. The second-order valence-corrected chi connectivity index (χ2v) is 3.91. The van der Waals surface area contributed by atoms with Crippen molar-refractivity contribution in [3.8, 4) is 17.5 Å². The number of hydrogen-bond acceptors (Lipinski definition) is 4. The Morgan fingerprint density at radius 2 is 1.95 bits per heavy atom. The first-order valence-corrected chi connectivity index (χ1v) is 5.63. The van der Waals surface area contributed by atoms with E-state index in [1.165, 1.54) is 19.2 Å². The average Bonchev–Trinajstić information content (AvgIpc) is 2.41. The Morgan fingerprint density at radius 1 is 1.21 bits per heavy atom. The Labute approximate surface area is 110 Å². The second-order valence-electron chi connectivity index (χ2n) is 3.91. The van der Waals surface area contributed by atoms with Gasteiger partial charge in [-0.1, -0.05) is 12.1 Å². The Balaban J connectivity index is 2.31. The molecule has 5 nitrogen and oxygen atoms in total. The van der Waals surface area contributed by atoms with E-state index in [-0.39, 0.29) is 5.56 Å². The molecule has 0 fully saturated rings. The lowest BCUT2D eigenvalue weighted by Gasteiger charge is -2.09. The van der Waals surface area contributed by atoms with Crippen LogP contribution in [0.4, 0.5) is 0 Å². The van der Waals surface area contributed by atoms with Gasteiger partial charge >= 0.3 is 5.97 Å². The Hall–Kier alpha value is -2.56. The van der Waals surface area contributed by atoms with Crippen molar-refractivity contribution in [3.05, 3.63) is 47.5 Å². The number of aromatic carboxylic acids is 1. The van der Waals surface area contributed by atoms with E-state index in [4.69, 9.17) is 14.6 Å². The Kier molecular flexibility index (Phi) is 3.66. The first-order valence-electron chi connectivity index (χ1n) is 5.63. The SMILES string of the molecule is COc1cccc(Oc2cc(C(=O)O)ccc2C)n1. The van der Waals surface area contributed by atoms with Crippen molar-refractivity contribution in [3.63, 3.8) is 0 Å². The number of carboxylic acids is 1. The van der Waals surface area contributed by atoms with Gasteiger partial charge in [-0.2, -0.15) is 4.98 Å². The Bertz CT molecular complexity index is 610. The van der Waals surface area contributed by atoms with Crippen LogP contribution in [0.1, 0.15) is 15.9 Å². The molecule has 1 N–H and O–H groups in total. The van der Waals surface area contributed by atoms with E-state index in [9.17, 15) is 4.79 Å². The molecular weight excluding hydrogens is 246 g/mol. The molecule has 0 aliphatic heterocycles. The van der Waals surface area contributed by atoms with Gasteiger partial charge in [0.25, 0.3) is 0 Å². The first kappa shape index (κ1) is 12.9. The highest BCUT2D eigenvalue weighted by Gasteiger charge is 2.09. The largest absolute Gasteiger partial charge is 0.481 e. The van der Waals surface area contributed by atoms with E-state index >= 15 is 0 Å². The number of pyridine rings is 1. The topological polar surface area (TPSA) is 68.7 Å². The zero-order valence-electron chi connectivity index (χ0n) is 10.6. The first-order chi connectivity index (χ1) is 9.10. The summed E-state index contributed by atoms with van der Waals surface area (Å²) in [6, 6.07) is 9.82. The smallest absolute Gasteiger partial charge is 0.335 e. The number of rotatable bonds is 4. The summed E-state index contributed by atoms with van der Waals surface area (Å²) in [6.45, 7) is 1.83. The van der Waals surface area contributed by atoms with E-state index < -0.39 is 5.97 Å². The summed E-state index contributed by atoms with van der Waals surface area (Å²) < 4.78 is 10.6. The van der Waals surface area contributed by atoms with Crippen molar-refractivity contribution in [1.29, 1.82) is 0 Å². The van der Waals surface area contributed by atoms with Gasteiger partial charge in [0.15, 0.2) is 0 Å². The van der Waals surface area contributed by atoms with Gasteiger partial charge in [-0.15, -0.1) is 0 Å². The van der Waals surface area contributed by atoms with E-state index in [1.54, 1.807) is 24.3 Å². The van der Waals surface area contributed by atoms with E-state index in [1.807, 2.05) is 6.92 Å². The molecule has 5 heteroatoms. The molecule has 1 heterocycles. The van der Waals surface area contributed by atoms with Crippen molar-refractivity contribution in [1.82, 2.24) is 4.98 Å². The van der Waals surface area contributed by atoms with Crippen LogP contribution in [-0.2, 0) is 0 Å². The Morgan fingerprint density at radius 3 is 2.63 bits per heavy atom. The molecule has 19 heavy (non-hydrogen) atoms. The van der Waals surface area contributed by atoms with Crippen molar-refractivity contribution in [2.75, 3.05) is 7.11 Å². The molecule has 0 unspecified atom stereocenters. The molecule has 1 aromatic carbocycles. The van der Waals surface area contributed by atoms with Gasteiger partial charge < -0.3 is 14.6 Å². The molecule has 0 radical (unpaired) electrons. The van der Waals surface area contributed by atoms with Crippen LogP contribution in [0.25, 0.3) is 0 Å². The van der Waals surface area contributed by atoms with Gasteiger partial charge in [-0.05, 0) is 24.6 Å². The van der Waals surface area contributed by atoms with Crippen LogP contribution in [0.3, 0.4) is 0 Å². The lowest BCUT2D eigenvalue weighted by molar-refractivity contribution is 0.0696. The summed E-state index contributed by atoms with van der Waals surface area (Å²) in [5.74, 6) is 0.249. The van der Waals surface area contributed by atoms with Crippen molar-refractivity contribution < 1.29 is 19.4 Å². The van der Waals surface area contributed by atoms with Crippen molar-refractivity contribution >= 4 is 5.97 Å². The van der Waals surface area contributed by atoms with Crippen LogP contribution in [0, 0.1) is 6.92 Å². The van der Waals surface area contributed by atoms with Gasteiger partial charge in [0.2, 0.25) is 11.8 Å².